The predicted octanol–water partition coefficient (Wildman–Crippen LogP) is 9.56. The van der Waals surface area contributed by atoms with Gasteiger partial charge in [-0.2, -0.15) is 0 Å². The zero-order valence-corrected chi connectivity index (χ0v) is 21.6. The Bertz CT molecular complexity index is 2430. The first kappa shape index (κ1) is 21.5. The molecule has 0 spiro atoms. The lowest BCUT2D eigenvalue weighted by atomic mass is 10.0. The van der Waals surface area contributed by atoms with E-state index in [0.717, 1.165) is 16.8 Å². The molecule has 4 heterocycles. The number of fused-ring (bicyclic) bond motifs is 12. The van der Waals surface area contributed by atoms with Crippen LogP contribution >= 0.6 is 0 Å². The molecular formula is C37H23N3. The molecule has 0 saturated heterocycles. The number of hydrogen-bond acceptors (Lipinski definition) is 1. The molecule has 0 fully saturated rings. The monoisotopic (exact) mass is 509 g/mol. The second-order valence-corrected chi connectivity index (χ2v) is 10.5. The van der Waals surface area contributed by atoms with Gasteiger partial charge in [-0.1, -0.05) is 91.0 Å². The Morgan fingerprint density at radius 2 is 1.02 bits per heavy atom. The third-order valence-electron chi connectivity index (χ3n) is 8.35. The Morgan fingerprint density at radius 1 is 0.400 bits per heavy atom. The summed E-state index contributed by atoms with van der Waals surface area (Å²) < 4.78 is 4.80. The molecule has 0 aliphatic rings. The van der Waals surface area contributed by atoms with E-state index in [2.05, 4.69) is 135 Å². The van der Waals surface area contributed by atoms with Gasteiger partial charge in [0.05, 0.1) is 39.5 Å². The van der Waals surface area contributed by atoms with Crippen molar-refractivity contribution in [1.82, 2.24) is 14.0 Å². The second-order valence-electron chi connectivity index (χ2n) is 10.5. The van der Waals surface area contributed by atoms with Crippen molar-refractivity contribution in [3.63, 3.8) is 0 Å². The average molecular weight is 510 g/mol. The van der Waals surface area contributed by atoms with Crippen LogP contribution in [0.3, 0.4) is 0 Å². The average Bonchev–Trinajstić information content (AvgIpc) is 3.58. The maximum atomic E-state index is 4.67. The van der Waals surface area contributed by atoms with Crippen LogP contribution in [-0.4, -0.2) is 14.0 Å². The summed E-state index contributed by atoms with van der Waals surface area (Å²) in [4.78, 5) is 4.67. The molecule has 0 bridgehead atoms. The Kier molecular flexibility index (Phi) is 4.33. The zero-order valence-electron chi connectivity index (χ0n) is 21.6. The number of aromatic nitrogens is 3. The van der Waals surface area contributed by atoms with Gasteiger partial charge in [-0.15, -0.1) is 0 Å². The van der Waals surface area contributed by atoms with Crippen LogP contribution in [0.25, 0.3) is 76.7 Å². The molecule has 0 saturated carbocycles. The first-order valence-corrected chi connectivity index (χ1v) is 13.6. The predicted molar refractivity (Wildman–Crippen MR) is 167 cm³/mol. The third-order valence-corrected chi connectivity index (χ3v) is 8.35. The van der Waals surface area contributed by atoms with Crippen molar-refractivity contribution in [2.45, 2.75) is 0 Å². The normalized spacial score (nSPS) is 12.0. The largest absolute Gasteiger partial charge is 0.309 e. The molecule has 0 atom stereocenters. The van der Waals surface area contributed by atoms with Gasteiger partial charge in [-0.3, -0.25) is 4.98 Å². The first-order chi connectivity index (χ1) is 19.9. The summed E-state index contributed by atoms with van der Waals surface area (Å²) in [5.41, 5.74) is 9.40. The summed E-state index contributed by atoms with van der Waals surface area (Å²) in [5, 5.41) is 7.62. The molecule has 0 radical (unpaired) electrons. The second kappa shape index (κ2) is 8.05. The molecule has 4 aromatic heterocycles. The van der Waals surface area contributed by atoms with Crippen molar-refractivity contribution >= 4 is 59.9 Å². The van der Waals surface area contributed by atoms with E-state index < -0.39 is 0 Å². The topological polar surface area (TPSA) is 22.2 Å². The fourth-order valence-corrected chi connectivity index (χ4v) is 6.66. The number of hydrogen-bond donors (Lipinski definition) is 0. The van der Waals surface area contributed by atoms with Gasteiger partial charge in [-0.05, 0) is 47.3 Å². The molecule has 3 nitrogen and oxygen atoms in total. The van der Waals surface area contributed by atoms with Gasteiger partial charge >= 0.3 is 0 Å². The Hall–Kier alpha value is -5.41. The van der Waals surface area contributed by atoms with Crippen LogP contribution in [0.4, 0.5) is 0 Å². The quantitative estimate of drug-likeness (QED) is 0.213. The van der Waals surface area contributed by atoms with Crippen molar-refractivity contribution in [2.24, 2.45) is 0 Å². The van der Waals surface area contributed by atoms with Crippen molar-refractivity contribution in [1.29, 1.82) is 0 Å². The van der Waals surface area contributed by atoms with Gasteiger partial charge in [0.15, 0.2) is 0 Å². The van der Waals surface area contributed by atoms with E-state index in [4.69, 9.17) is 0 Å². The minimum atomic E-state index is 1.06. The summed E-state index contributed by atoms with van der Waals surface area (Å²) in [6, 6.07) is 45.9. The lowest BCUT2D eigenvalue weighted by Crippen LogP contribution is -1.95. The number of para-hydroxylation sites is 2. The highest BCUT2D eigenvalue weighted by molar-refractivity contribution is 6.24. The Balaban J connectivity index is 1.43. The van der Waals surface area contributed by atoms with Gasteiger partial charge in [0.25, 0.3) is 0 Å². The van der Waals surface area contributed by atoms with Gasteiger partial charge in [-0.25, -0.2) is 0 Å². The van der Waals surface area contributed by atoms with Gasteiger partial charge < -0.3 is 8.97 Å². The number of nitrogens with zero attached hydrogens (tertiary/aromatic N) is 3. The van der Waals surface area contributed by atoms with E-state index in [9.17, 15) is 0 Å². The molecule has 3 heteroatoms. The molecule has 0 amide bonds. The molecule has 9 rings (SSSR count). The highest BCUT2D eigenvalue weighted by Crippen LogP contribution is 2.41. The summed E-state index contributed by atoms with van der Waals surface area (Å²) in [5.74, 6) is 0. The van der Waals surface area contributed by atoms with Crippen molar-refractivity contribution < 1.29 is 0 Å². The first-order valence-electron chi connectivity index (χ1n) is 13.6. The van der Waals surface area contributed by atoms with Crippen LogP contribution in [-0.2, 0) is 0 Å². The van der Waals surface area contributed by atoms with E-state index in [1.165, 1.54) is 59.9 Å². The van der Waals surface area contributed by atoms with Gasteiger partial charge in [0.2, 0.25) is 0 Å². The van der Waals surface area contributed by atoms with E-state index in [0.29, 0.717) is 0 Å². The maximum absolute atomic E-state index is 4.67. The van der Waals surface area contributed by atoms with Crippen LogP contribution in [0.1, 0.15) is 0 Å². The van der Waals surface area contributed by atoms with Crippen LogP contribution < -0.4 is 0 Å². The fourth-order valence-electron chi connectivity index (χ4n) is 6.66. The maximum Gasteiger partial charge on any atom is 0.0651 e. The van der Waals surface area contributed by atoms with Crippen LogP contribution in [0.5, 0.6) is 0 Å². The molecule has 0 unspecified atom stereocenters. The molecule has 186 valence electrons. The molecule has 0 aliphatic carbocycles. The third kappa shape index (κ3) is 2.86. The highest BCUT2D eigenvalue weighted by Gasteiger charge is 2.19. The molecular weight excluding hydrogens is 486 g/mol. The standard InChI is InChI=1S/C37H23N3/c1-2-10-24(11-3-1)25-20-26(23-38-22-25)39-33-17-9-7-15-30(33)37-31-21-36-29-14-5-4-12-27(29)28-13-6-8-16-32(28)40(36)34(31)18-19-35(37)39/h1-23H. The summed E-state index contributed by atoms with van der Waals surface area (Å²) in [6.07, 6.45) is 3.92. The minimum absolute atomic E-state index is 1.06. The lowest BCUT2D eigenvalue weighted by Gasteiger charge is -2.10. The van der Waals surface area contributed by atoms with Crippen LogP contribution in [0.2, 0.25) is 0 Å². The Labute approximate surface area is 230 Å². The van der Waals surface area contributed by atoms with E-state index in [1.807, 2.05) is 18.5 Å². The molecule has 9 aromatic rings. The molecule has 5 aromatic carbocycles. The van der Waals surface area contributed by atoms with Crippen molar-refractivity contribution in [3.8, 4) is 16.8 Å². The van der Waals surface area contributed by atoms with Crippen LogP contribution in [0.15, 0.2) is 140 Å². The minimum Gasteiger partial charge on any atom is -0.309 e. The number of benzene rings is 5. The molecule has 40 heavy (non-hydrogen) atoms. The van der Waals surface area contributed by atoms with E-state index >= 15 is 0 Å². The van der Waals surface area contributed by atoms with Gasteiger partial charge in [0, 0.05) is 38.7 Å². The smallest absolute Gasteiger partial charge is 0.0651 e. The number of pyridine rings is 2. The zero-order chi connectivity index (χ0) is 26.2. The fraction of sp³-hybridized carbons (Fsp3) is 0. The summed E-state index contributed by atoms with van der Waals surface area (Å²) in [7, 11) is 0. The van der Waals surface area contributed by atoms with E-state index in [1.54, 1.807) is 0 Å². The van der Waals surface area contributed by atoms with Crippen molar-refractivity contribution in [2.75, 3.05) is 0 Å². The van der Waals surface area contributed by atoms with Gasteiger partial charge in [0.1, 0.15) is 0 Å². The summed E-state index contributed by atoms with van der Waals surface area (Å²) >= 11 is 0. The van der Waals surface area contributed by atoms with Crippen LogP contribution in [0, 0.1) is 0 Å². The molecule has 0 aliphatic heterocycles. The Morgan fingerprint density at radius 3 is 1.85 bits per heavy atom. The summed E-state index contributed by atoms with van der Waals surface area (Å²) in [6.45, 7) is 0. The lowest BCUT2D eigenvalue weighted by molar-refractivity contribution is 1.14. The van der Waals surface area contributed by atoms with E-state index in [-0.39, 0.29) is 0 Å². The van der Waals surface area contributed by atoms with Crippen molar-refractivity contribution in [3.05, 3.63) is 140 Å². The molecule has 0 N–H and O–H groups in total. The number of rotatable bonds is 2. The SMILES string of the molecule is c1ccc(-c2cncc(-n3c4ccccc4c4c5cc6c7ccccc7c7ccccc7n6c5ccc43)c2)cc1. The highest BCUT2D eigenvalue weighted by atomic mass is 15.0.